The number of likely N-dealkylation sites (tertiary alicyclic amines) is 1. The van der Waals surface area contributed by atoms with Gasteiger partial charge in [-0.15, -0.1) is 13.2 Å². The smallest absolute Gasteiger partial charge is 0.313 e. The first-order valence-electron chi connectivity index (χ1n) is 18.0. The maximum absolute atomic E-state index is 14.7. The predicted molar refractivity (Wildman–Crippen MR) is 191 cm³/mol. The van der Waals surface area contributed by atoms with Gasteiger partial charge < -0.3 is 34.4 Å². The molecule has 1 spiro atoms. The minimum absolute atomic E-state index is 0.0348. The van der Waals surface area contributed by atoms with Crippen molar-refractivity contribution >= 4 is 23.7 Å². The van der Waals surface area contributed by atoms with Crippen molar-refractivity contribution in [3.63, 3.8) is 0 Å². The summed E-state index contributed by atoms with van der Waals surface area (Å²) in [6.45, 7) is 8.56. The van der Waals surface area contributed by atoms with Crippen LogP contribution in [-0.4, -0.2) is 95.8 Å². The average Bonchev–Trinajstić information content (AvgIpc) is 3.79. The zero-order chi connectivity index (χ0) is 36.4. The van der Waals surface area contributed by atoms with Crippen LogP contribution >= 0.6 is 0 Å². The number of fused-ring (bicyclic) bond motifs is 1. The van der Waals surface area contributed by atoms with Crippen molar-refractivity contribution in [3.8, 4) is 0 Å². The molecule has 3 saturated heterocycles. The van der Waals surface area contributed by atoms with Crippen LogP contribution in [0.2, 0.25) is 0 Å². The number of allylic oxidation sites excluding steroid dienone is 1. The fourth-order valence-corrected chi connectivity index (χ4v) is 8.00. The van der Waals surface area contributed by atoms with Crippen molar-refractivity contribution in [1.29, 1.82) is 0 Å². The molecular weight excluding hydrogens is 650 g/mol. The zero-order valence-electron chi connectivity index (χ0n) is 29.5. The van der Waals surface area contributed by atoms with Crippen molar-refractivity contribution < 1.29 is 38.5 Å². The molecule has 51 heavy (non-hydrogen) atoms. The molecule has 5 rings (SSSR count). The molecule has 2 aromatic carbocycles. The van der Waals surface area contributed by atoms with Gasteiger partial charge in [0.15, 0.2) is 0 Å². The lowest BCUT2D eigenvalue weighted by Gasteiger charge is -2.37. The third-order valence-corrected chi connectivity index (χ3v) is 10.2. The molecule has 0 saturated carbocycles. The molecule has 0 radical (unpaired) electrons. The van der Waals surface area contributed by atoms with Gasteiger partial charge in [0.25, 0.3) is 0 Å². The highest BCUT2D eigenvalue weighted by Gasteiger charge is 2.75. The number of nitrogens with zero attached hydrogens (tertiary/aromatic N) is 2. The van der Waals surface area contributed by atoms with E-state index in [1.165, 1.54) is 7.11 Å². The molecule has 3 fully saturated rings. The van der Waals surface area contributed by atoms with E-state index in [-0.39, 0.29) is 50.4 Å². The number of carbonyl (C=O) groups excluding carboxylic acids is 4. The molecule has 11 heteroatoms. The first-order chi connectivity index (χ1) is 24.8. The van der Waals surface area contributed by atoms with Gasteiger partial charge in [-0.25, -0.2) is 0 Å². The predicted octanol–water partition coefficient (Wildman–Crippen LogP) is 4.12. The lowest BCUT2D eigenvalue weighted by Crippen LogP contribution is -2.56. The number of nitrogens with one attached hydrogen (secondary N) is 1. The SMILES string of the molecule is C=CCCC(=O)N[C@@H](COC)[C@@H](OC(=O)[C@@H]1[C@@H]2CC[C@]3(O2)[C@H](C(=O)N(CC=C)Cc2ccccc2)N(CCCCCO)C(=O)[C@@H]13)c1ccccc1. The second kappa shape index (κ2) is 17.7. The Bertz CT molecular complexity index is 1520. The van der Waals surface area contributed by atoms with Crippen LogP contribution in [0.25, 0.3) is 0 Å². The largest absolute Gasteiger partial charge is 0.455 e. The van der Waals surface area contributed by atoms with Crippen LogP contribution in [0.5, 0.6) is 0 Å². The van der Waals surface area contributed by atoms with Crippen molar-refractivity contribution in [2.75, 3.05) is 33.4 Å². The van der Waals surface area contributed by atoms with E-state index in [4.69, 9.17) is 14.2 Å². The van der Waals surface area contributed by atoms with Crippen LogP contribution in [0.3, 0.4) is 0 Å². The topological polar surface area (TPSA) is 135 Å². The Balaban J connectivity index is 1.46. The van der Waals surface area contributed by atoms with Crippen LogP contribution in [-0.2, 0) is 39.9 Å². The highest BCUT2D eigenvalue weighted by atomic mass is 16.6. The standard InChI is InChI=1S/C40H51N3O8/c1-4-6-20-32(45)41-30(27-49-3)35(29-18-12-8-13-19-29)50-39(48)33-31-21-22-40(51-31)34(33)37(46)43(24-14-9-15-25-44)36(40)38(47)42(23-5-2)26-28-16-10-7-11-17-28/h4-5,7-8,10-13,16-19,30-31,33-36,44H,1-2,6,9,14-15,20-27H2,3H3,(H,41,45)/t30-,31-,33+,34+,35-,36-,40+/m0/s1. The lowest BCUT2D eigenvalue weighted by atomic mass is 9.70. The van der Waals surface area contributed by atoms with E-state index in [2.05, 4.69) is 18.5 Å². The molecule has 2 aromatic rings. The molecule has 3 aliphatic rings. The molecule has 3 heterocycles. The second-order valence-corrected chi connectivity index (χ2v) is 13.6. The summed E-state index contributed by atoms with van der Waals surface area (Å²) in [5.41, 5.74) is 0.392. The van der Waals surface area contributed by atoms with Crippen LogP contribution < -0.4 is 5.32 Å². The lowest BCUT2D eigenvalue weighted by molar-refractivity contribution is -0.163. The molecule has 274 valence electrons. The number of hydrogen-bond donors (Lipinski definition) is 2. The van der Waals surface area contributed by atoms with Gasteiger partial charge >= 0.3 is 5.97 Å². The van der Waals surface area contributed by atoms with Crippen LogP contribution in [0, 0.1) is 11.8 Å². The number of hydrogen-bond acceptors (Lipinski definition) is 8. The summed E-state index contributed by atoms with van der Waals surface area (Å²) in [6.07, 6.45) is 5.27. The van der Waals surface area contributed by atoms with Crippen LogP contribution in [0.15, 0.2) is 86.0 Å². The number of unbranched alkanes of at least 4 members (excludes halogenated alkanes) is 2. The number of benzene rings is 2. The molecular formula is C40H51N3O8. The first-order valence-corrected chi connectivity index (χ1v) is 18.0. The summed E-state index contributed by atoms with van der Waals surface area (Å²) in [5.74, 6) is -3.27. The van der Waals surface area contributed by atoms with E-state index < -0.39 is 47.7 Å². The van der Waals surface area contributed by atoms with Gasteiger partial charge in [0.1, 0.15) is 17.7 Å². The van der Waals surface area contributed by atoms with Crippen LogP contribution in [0.1, 0.15) is 62.2 Å². The quantitative estimate of drug-likeness (QED) is 0.120. The monoisotopic (exact) mass is 701 g/mol. The van der Waals surface area contributed by atoms with Crippen molar-refractivity contribution in [2.45, 2.75) is 81.4 Å². The van der Waals surface area contributed by atoms with Gasteiger partial charge in [0.2, 0.25) is 17.7 Å². The molecule has 7 atom stereocenters. The Morgan fingerprint density at radius 3 is 2.47 bits per heavy atom. The number of rotatable bonds is 20. The van der Waals surface area contributed by atoms with Gasteiger partial charge in [-0.05, 0) is 49.7 Å². The van der Waals surface area contributed by atoms with E-state index in [9.17, 15) is 24.3 Å². The van der Waals surface area contributed by atoms with E-state index in [1.807, 2.05) is 60.7 Å². The minimum atomic E-state index is -1.21. The molecule has 0 unspecified atom stereocenters. The van der Waals surface area contributed by atoms with Crippen molar-refractivity contribution in [2.24, 2.45) is 11.8 Å². The van der Waals surface area contributed by atoms with E-state index in [0.717, 1.165) is 5.56 Å². The third kappa shape index (κ3) is 8.27. The highest BCUT2D eigenvalue weighted by molar-refractivity contribution is 5.98. The Labute approximate surface area is 300 Å². The van der Waals surface area contributed by atoms with Crippen LogP contribution in [0.4, 0.5) is 0 Å². The Hall–Kier alpha value is -4.32. The summed E-state index contributed by atoms with van der Waals surface area (Å²) < 4.78 is 18.5. The Morgan fingerprint density at radius 1 is 1.08 bits per heavy atom. The molecule has 3 amide bonds. The molecule has 11 nitrogen and oxygen atoms in total. The maximum atomic E-state index is 14.7. The van der Waals surface area contributed by atoms with Gasteiger partial charge in [-0.1, -0.05) is 72.8 Å². The average molecular weight is 702 g/mol. The number of aliphatic hydroxyl groups excluding tert-OH is 1. The van der Waals surface area contributed by atoms with Gasteiger partial charge in [0.05, 0.1) is 30.6 Å². The number of methoxy groups -OCH3 is 1. The Morgan fingerprint density at radius 2 is 1.80 bits per heavy atom. The Kier molecular flexibility index (Phi) is 13.2. The number of amides is 3. The van der Waals surface area contributed by atoms with Crippen molar-refractivity contribution in [1.82, 2.24) is 15.1 Å². The van der Waals surface area contributed by atoms with E-state index in [0.29, 0.717) is 50.6 Å². The number of carbonyl (C=O) groups is 4. The van der Waals surface area contributed by atoms with E-state index in [1.54, 1.807) is 22.0 Å². The maximum Gasteiger partial charge on any atom is 0.313 e. The van der Waals surface area contributed by atoms with Crippen molar-refractivity contribution in [3.05, 3.63) is 97.1 Å². The molecule has 3 aliphatic heterocycles. The summed E-state index contributed by atoms with van der Waals surface area (Å²) in [7, 11) is 1.51. The zero-order valence-corrected chi connectivity index (χ0v) is 29.5. The molecule has 0 aromatic heterocycles. The molecule has 2 N–H and O–H groups in total. The molecule has 2 bridgehead atoms. The number of aliphatic hydroxyl groups is 1. The number of ether oxygens (including phenoxy) is 3. The highest BCUT2D eigenvalue weighted by Crippen LogP contribution is 2.59. The van der Waals surface area contributed by atoms with Gasteiger partial charge in [-0.2, -0.15) is 0 Å². The molecule has 0 aliphatic carbocycles. The fraction of sp³-hybridized carbons (Fsp3) is 0.500. The summed E-state index contributed by atoms with van der Waals surface area (Å²) in [4.78, 5) is 59.8. The number of esters is 1. The third-order valence-electron chi connectivity index (χ3n) is 10.2. The van der Waals surface area contributed by atoms with E-state index >= 15 is 0 Å². The first kappa shape index (κ1) is 37.9. The normalized spacial score (nSPS) is 24.4. The van der Waals surface area contributed by atoms with Gasteiger partial charge in [-0.3, -0.25) is 19.2 Å². The summed E-state index contributed by atoms with van der Waals surface area (Å²) in [5, 5.41) is 12.4. The summed E-state index contributed by atoms with van der Waals surface area (Å²) in [6, 6.07) is 17.1. The minimum Gasteiger partial charge on any atom is -0.455 e. The van der Waals surface area contributed by atoms with Gasteiger partial charge in [0, 0.05) is 39.8 Å². The summed E-state index contributed by atoms with van der Waals surface area (Å²) >= 11 is 0. The fourth-order valence-electron chi connectivity index (χ4n) is 8.00. The second-order valence-electron chi connectivity index (χ2n) is 13.6.